The van der Waals surface area contributed by atoms with Gasteiger partial charge in [-0.1, -0.05) is 30.3 Å². The second kappa shape index (κ2) is 9.14. The summed E-state index contributed by atoms with van der Waals surface area (Å²) in [5.41, 5.74) is 2.68. The van der Waals surface area contributed by atoms with Gasteiger partial charge in [0.25, 0.3) is 5.91 Å². The van der Waals surface area contributed by atoms with Crippen LogP contribution in [-0.2, 0) is 17.9 Å². The van der Waals surface area contributed by atoms with Crippen molar-refractivity contribution in [1.82, 2.24) is 9.88 Å². The van der Waals surface area contributed by atoms with Gasteiger partial charge in [0.05, 0.1) is 16.8 Å². The average molecular weight is 459 g/mol. The molecule has 0 aliphatic carbocycles. The molecule has 0 fully saturated rings. The molecule has 9 heteroatoms. The van der Waals surface area contributed by atoms with Crippen molar-refractivity contribution in [3.8, 4) is 11.5 Å². The van der Waals surface area contributed by atoms with Gasteiger partial charge >= 0.3 is 5.76 Å². The van der Waals surface area contributed by atoms with Crippen LogP contribution in [0, 0.1) is 0 Å². The molecular weight excluding hydrogens is 438 g/mol. The van der Waals surface area contributed by atoms with E-state index in [0.29, 0.717) is 33.8 Å². The molecule has 2 heterocycles. The number of hydrogen-bond donors (Lipinski definition) is 2. The molecule has 0 atom stereocenters. The Labute approximate surface area is 193 Å². The maximum atomic E-state index is 12.8. The molecule has 0 spiro atoms. The molecular formula is C25H21N3O6. The smallest absolute Gasteiger partial charge is 0.419 e. The van der Waals surface area contributed by atoms with Crippen molar-refractivity contribution in [2.45, 2.75) is 19.5 Å². The van der Waals surface area contributed by atoms with Crippen LogP contribution in [0.1, 0.15) is 22.3 Å². The van der Waals surface area contributed by atoms with Gasteiger partial charge in [0, 0.05) is 19.5 Å². The second-order valence-corrected chi connectivity index (χ2v) is 7.70. The number of aryl methyl sites for hydroxylation is 1. The Morgan fingerprint density at radius 3 is 2.65 bits per heavy atom. The molecule has 0 bridgehead atoms. The number of para-hydroxylation sites is 3. The van der Waals surface area contributed by atoms with E-state index in [9.17, 15) is 14.4 Å². The lowest BCUT2D eigenvalue weighted by atomic mass is 10.1. The molecule has 1 aliphatic heterocycles. The summed E-state index contributed by atoms with van der Waals surface area (Å²) in [6.07, 6.45) is 0.0383. The predicted molar refractivity (Wildman–Crippen MR) is 124 cm³/mol. The fraction of sp³-hybridized carbons (Fsp3) is 0.160. The van der Waals surface area contributed by atoms with Crippen LogP contribution >= 0.6 is 0 Å². The van der Waals surface area contributed by atoms with Gasteiger partial charge in [0.15, 0.2) is 17.1 Å². The number of ether oxygens (including phenoxy) is 2. The summed E-state index contributed by atoms with van der Waals surface area (Å²) < 4.78 is 17.3. The monoisotopic (exact) mass is 459 g/mol. The van der Waals surface area contributed by atoms with E-state index >= 15 is 0 Å². The summed E-state index contributed by atoms with van der Waals surface area (Å²) >= 11 is 0. The molecule has 1 aromatic heterocycles. The van der Waals surface area contributed by atoms with Crippen molar-refractivity contribution < 1.29 is 23.5 Å². The van der Waals surface area contributed by atoms with Gasteiger partial charge in [-0.05, 0) is 42.0 Å². The molecule has 0 saturated heterocycles. The number of hydrogen-bond acceptors (Lipinski definition) is 6. The molecule has 4 aromatic rings. The summed E-state index contributed by atoms with van der Waals surface area (Å²) in [5.74, 6) is 0.147. The average Bonchev–Trinajstić information content (AvgIpc) is 3.44. The highest BCUT2D eigenvalue weighted by Crippen LogP contribution is 2.32. The molecule has 0 radical (unpaired) electrons. The fourth-order valence-electron chi connectivity index (χ4n) is 3.77. The van der Waals surface area contributed by atoms with Crippen molar-refractivity contribution in [2.24, 2.45) is 0 Å². The summed E-state index contributed by atoms with van der Waals surface area (Å²) in [7, 11) is 0. The SMILES string of the molecule is O=C(CCn1c(=O)oc2ccccc21)Nc1ccccc1C(=O)NCc1ccc2c(c1)OCO2. The quantitative estimate of drug-likeness (QED) is 0.439. The van der Waals surface area contributed by atoms with Crippen molar-refractivity contribution in [1.29, 1.82) is 0 Å². The van der Waals surface area contributed by atoms with Crippen LogP contribution < -0.4 is 25.9 Å². The minimum absolute atomic E-state index is 0.0383. The molecule has 1 aliphatic rings. The number of rotatable bonds is 7. The maximum Gasteiger partial charge on any atom is 0.419 e. The van der Waals surface area contributed by atoms with E-state index in [1.807, 2.05) is 12.1 Å². The van der Waals surface area contributed by atoms with Crippen LogP contribution in [0.25, 0.3) is 11.1 Å². The largest absolute Gasteiger partial charge is 0.454 e. The first-order valence-corrected chi connectivity index (χ1v) is 10.7. The fourth-order valence-corrected chi connectivity index (χ4v) is 3.77. The van der Waals surface area contributed by atoms with Gasteiger partial charge in [0.2, 0.25) is 12.7 Å². The Balaban J connectivity index is 1.22. The van der Waals surface area contributed by atoms with Crippen molar-refractivity contribution >= 4 is 28.6 Å². The summed E-state index contributed by atoms with van der Waals surface area (Å²) in [4.78, 5) is 37.5. The Kier molecular flexibility index (Phi) is 5.73. The van der Waals surface area contributed by atoms with Crippen molar-refractivity contribution in [2.75, 3.05) is 12.1 Å². The van der Waals surface area contributed by atoms with Crippen LogP contribution in [0.15, 0.2) is 75.9 Å². The van der Waals surface area contributed by atoms with Gasteiger partial charge in [0.1, 0.15) is 0 Å². The van der Waals surface area contributed by atoms with E-state index < -0.39 is 5.76 Å². The zero-order chi connectivity index (χ0) is 23.5. The van der Waals surface area contributed by atoms with E-state index in [0.717, 1.165) is 5.56 Å². The number of benzene rings is 3. The lowest BCUT2D eigenvalue weighted by Gasteiger charge is -2.12. The normalized spacial score (nSPS) is 12.0. The van der Waals surface area contributed by atoms with E-state index in [2.05, 4.69) is 10.6 Å². The van der Waals surface area contributed by atoms with E-state index in [-0.39, 0.29) is 38.1 Å². The first-order chi connectivity index (χ1) is 16.6. The van der Waals surface area contributed by atoms with Crippen molar-refractivity contribution in [3.05, 3.63) is 88.4 Å². The predicted octanol–water partition coefficient (Wildman–Crippen LogP) is 3.28. The number of nitrogens with zero attached hydrogens (tertiary/aromatic N) is 1. The van der Waals surface area contributed by atoms with Gasteiger partial charge in [-0.15, -0.1) is 0 Å². The number of fused-ring (bicyclic) bond motifs is 2. The van der Waals surface area contributed by atoms with Gasteiger partial charge < -0.3 is 24.5 Å². The molecule has 9 nitrogen and oxygen atoms in total. The van der Waals surface area contributed by atoms with Crippen LogP contribution in [0.5, 0.6) is 11.5 Å². The second-order valence-electron chi connectivity index (χ2n) is 7.70. The highest BCUT2D eigenvalue weighted by Gasteiger charge is 2.16. The minimum atomic E-state index is -0.516. The Hall–Kier alpha value is -4.53. The van der Waals surface area contributed by atoms with E-state index in [1.165, 1.54) is 4.57 Å². The lowest BCUT2D eigenvalue weighted by Crippen LogP contribution is -2.25. The van der Waals surface area contributed by atoms with Gasteiger partial charge in [-0.3, -0.25) is 14.2 Å². The summed E-state index contributed by atoms with van der Waals surface area (Å²) in [6, 6.07) is 19.3. The third-order valence-electron chi connectivity index (χ3n) is 5.47. The molecule has 172 valence electrons. The number of anilines is 1. The molecule has 2 N–H and O–H groups in total. The van der Waals surface area contributed by atoms with E-state index in [4.69, 9.17) is 13.9 Å². The van der Waals surface area contributed by atoms with Crippen LogP contribution in [0.3, 0.4) is 0 Å². The number of amides is 2. The van der Waals surface area contributed by atoms with Crippen molar-refractivity contribution in [3.63, 3.8) is 0 Å². The van der Waals surface area contributed by atoms with E-state index in [1.54, 1.807) is 54.6 Å². The molecule has 3 aromatic carbocycles. The highest BCUT2D eigenvalue weighted by atomic mass is 16.7. The third-order valence-corrected chi connectivity index (χ3v) is 5.47. The third kappa shape index (κ3) is 4.36. The zero-order valence-electron chi connectivity index (χ0n) is 18.1. The molecule has 0 saturated carbocycles. The Bertz CT molecular complexity index is 1440. The first-order valence-electron chi connectivity index (χ1n) is 10.7. The van der Waals surface area contributed by atoms with Gasteiger partial charge in [-0.25, -0.2) is 4.79 Å². The van der Waals surface area contributed by atoms with Crippen LogP contribution in [0.2, 0.25) is 0 Å². The number of carbonyl (C=O) groups is 2. The Morgan fingerprint density at radius 1 is 0.941 bits per heavy atom. The number of oxazole rings is 1. The number of carbonyl (C=O) groups excluding carboxylic acids is 2. The highest BCUT2D eigenvalue weighted by molar-refractivity contribution is 6.03. The zero-order valence-corrected chi connectivity index (χ0v) is 18.1. The minimum Gasteiger partial charge on any atom is -0.454 e. The first kappa shape index (κ1) is 21.3. The van der Waals surface area contributed by atoms with Crippen LogP contribution in [0.4, 0.5) is 5.69 Å². The van der Waals surface area contributed by atoms with Crippen LogP contribution in [-0.4, -0.2) is 23.2 Å². The molecule has 34 heavy (non-hydrogen) atoms. The topological polar surface area (TPSA) is 112 Å². The standard InChI is InChI=1S/C25H21N3O6/c29-23(11-12-28-19-7-3-4-8-20(19)34-25(28)31)27-18-6-2-1-5-17(18)24(30)26-14-16-9-10-21-22(13-16)33-15-32-21/h1-10,13H,11-12,14-15H2,(H,26,30)(H,27,29). The molecule has 5 rings (SSSR count). The lowest BCUT2D eigenvalue weighted by molar-refractivity contribution is -0.116. The Morgan fingerprint density at radius 2 is 1.74 bits per heavy atom. The number of nitrogens with one attached hydrogen (secondary N) is 2. The molecule has 0 unspecified atom stereocenters. The molecule has 2 amide bonds. The summed E-state index contributed by atoms with van der Waals surface area (Å²) in [6.45, 7) is 0.623. The number of aromatic nitrogens is 1. The van der Waals surface area contributed by atoms with Gasteiger partial charge in [-0.2, -0.15) is 0 Å². The summed E-state index contributed by atoms with van der Waals surface area (Å²) in [5, 5.41) is 5.63. The maximum absolute atomic E-state index is 12.8.